The molecule has 1 aromatic carbocycles. The molecule has 1 aromatic rings. The van der Waals surface area contributed by atoms with Crippen molar-refractivity contribution >= 4 is 17.1 Å². The number of nitrogens with zero attached hydrogens (tertiary/aromatic N) is 1. The van der Waals surface area contributed by atoms with Gasteiger partial charge in [0, 0.05) is 25.8 Å². The van der Waals surface area contributed by atoms with E-state index in [4.69, 9.17) is 0 Å². The van der Waals surface area contributed by atoms with Crippen molar-refractivity contribution in [2.24, 2.45) is 0 Å². The Morgan fingerprint density at radius 1 is 1.10 bits per heavy atom. The summed E-state index contributed by atoms with van der Waals surface area (Å²) in [5.74, 6) is 0. The van der Waals surface area contributed by atoms with Crippen molar-refractivity contribution in [3.8, 4) is 0 Å². The van der Waals surface area contributed by atoms with Crippen LogP contribution in [0, 0.1) is 6.92 Å². The fraction of sp³-hybridized carbons (Fsp3) is 0.625. The lowest BCUT2D eigenvalue weighted by atomic mass is 10.1. The molecule has 0 aliphatic heterocycles. The average molecular weight is 281 g/mol. The van der Waals surface area contributed by atoms with Crippen LogP contribution >= 0.6 is 0 Å². The second-order valence-corrected chi connectivity index (χ2v) is 4.53. The quantitative estimate of drug-likeness (QED) is 0.644. The van der Waals surface area contributed by atoms with Crippen LogP contribution in [0.25, 0.3) is 0 Å². The van der Waals surface area contributed by atoms with Crippen LogP contribution in [0.4, 0.5) is 17.1 Å². The first-order valence-corrected chi connectivity index (χ1v) is 7.65. The van der Waals surface area contributed by atoms with Crippen LogP contribution in [0.2, 0.25) is 0 Å². The van der Waals surface area contributed by atoms with Gasteiger partial charge in [-0.05, 0) is 37.5 Å². The van der Waals surface area contributed by atoms with Crippen LogP contribution in [0.5, 0.6) is 0 Å². The smallest absolute Gasteiger partial charge is 0.0856 e. The minimum absolute atomic E-state index is 0.727. The largest absolute Gasteiger partial charge is 0.386 e. The van der Waals surface area contributed by atoms with Gasteiger partial charge in [-0.15, -0.1) is 0 Å². The number of anilines is 3. The minimum Gasteiger partial charge on any atom is -0.386 e. The monoisotopic (exact) mass is 281 g/mol. The molecule has 0 saturated heterocycles. The zero-order valence-electron chi connectivity index (χ0n) is 13.9. The Morgan fingerprint density at radius 2 is 1.65 bits per heavy atom. The van der Waals surface area contributed by atoms with Gasteiger partial charge in [-0.3, -0.25) is 10.7 Å². The van der Waals surface area contributed by atoms with Crippen molar-refractivity contribution in [1.29, 1.82) is 0 Å². The molecule has 4 heteroatoms. The van der Waals surface area contributed by atoms with Crippen molar-refractivity contribution < 1.29 is 5.21 Å². The number of nitrogens with one attached hydrogen (secondary N) is 2. The molecule has 0 fully saturated rings. The van der Waals surface area contributed by atoms with Crippen LogP contribution in [-0.2, 0) is 0 Å². The Kier molecular flexibility index (Phi) is 9.64. The van der Waals surface area contributed by atoms with Gasteiger partial charge in [-0.2, -0.15) is 0 Å². The van der Waals surface area contributed by atoms with Crippen LogP contribution in [0.15, 0.2) is 12.1 Å². The first-order chi connectivity index (χ1) is 9.67. The standard InChI is InChI=1S/C14H25N3O.C2H6/c1-5-7-17(8-6-2)12-9-11(3)14(15-4)13(10-12)16-18;1-2/h9-10,15-16,18H,5-8H2,1-4H3;1-2H3. The van der Waals surface area contributed by atoms with E-state index in [1.54, 1.807) is 0 Å². The van der Waals surface area contributed by atoms with Crippen molar-refractivity contribution in [1.82, 2.24) is 0 Å². The third-order valence-corrected chi connectivity index (χ3v) is 3.04. The SMILES string of the molecule is CC.CCCN(CCC)c1cc(C)c(NC)c(NO)c1. The summed E-state index contributed by atoms with van der Waals surface area (Å²) < 4.78 is 0. The molecule has 0 aliphatic carbocycles. The van der Waals surface area contributed by atoms with Crippen LogP contribution in [0.3, 0.4) is 0 Å². The minimum atomic E-state index is 0.727. The zero-order chi connectivity index (χ0) is 15.5. The second-order valence-electron chi connectivity index (χ2n) is 4.53. The summed E-state index contributed by atoms with van der Waals surface area (Å²) in [6, 6.07) is 4.15. The number of benzene rings is 1. The Hall–Kier alpha value is -1.42. The highest BCUT2D eigenvalue weighted by molar-refractivity contribution is 5.76. The molecule has 0 radical (unpaired) electrons. The molecule has 0 aromatic heterocycles. The summed E-state index contributed by atoms with van der Waals surface area (Å²) in [6.45, 7) is 12.5. The molecule has 0 spiro atoms. The molecule has 116 valence electrons. The van der Waals surface area contributed by atoms with Crippen molar-refractivity contribution in [3.63, 3.8) is 0 Å². The summed E-state index contributed by atoms with van der Waals surface area (Å²) in [5.41, 5.74) is 6.23. The lowest BCUT2D eigenvalue weighted by Gasteiger charge is -2.26. The van der Waals surface area contributed by atoms with Gasteiger partial charge in [-0.25, -0.2) is 0 Å². The van der Waals surface area contributed by atoms with Gasteiger partial charge in [0.15, 0.2) is 0 Å². The highest BCUT2D eigenvalue weighted by Gasteiger charge is 2.10. The van der Waals surface area contributed by atoms with E-state index in [9.17, 15) is 5.21 Å². The molecule has 0 saturated carbocycles. The molecule has 0 unspecified atom stereocenters. The van der Waals surface area contributed by atoms with Gasteiger partial charge in [-0.1, -0.05) is 27.7 Å². The van der Waals surface area contributed by atoms with E-state index in [0.717, 1.165) is 48.6 Å². The number of hydrogen-bond donors (Lipinski definition) is 3. The highest BCUT2D eigenvalue weighted by atomic mass is 16.5. The lowest BCUT2D eigenvalue weighted by molar-refractivity contribution is 0.389. The number of hydrogen-bond acceptors (Lipinski definition) is 4. The maximum absolute atomic E-state index is 9.23. The summed E-state index contributed by atoms with van der Waals surface area (Å²) in [4.78, 5) is 2.35. The summed E-state index contributed by atoms with van der Waals surface area (Å²) in [7, 11) is 1.86. The van der Waals surface area contributed by atoms with Crippen LogP contribution in [-0.4, -0.2) is 25.3 Å². The fourth-order valence-corrected chi connectivity index (χ4v) is 2.28. The van der Waals surface area contributed by atoms with Crippen molar-refractivity contribution in [2.75, 3.05) is 35.8 Å². The number of aryl methyl sites for hydroxylation is 1. The molecule has 0 atom stereocenters. The van der Waals surface area contributed by atoms with E-state index in [0.29, 0.717) is 0 Å². The van der Waals surface area contributed by atoms with Gasteiger partial charge in [0.25, 0.3) is 0 Å². The number of rotatable bonds is 7. The Bertz CT molecular complexity index is 374. The first kappa shape index (κ1) is 18.6. The molecule has 3 N–H and O–H groups in total. The third-order valence-electron chi connectivity index (χ3n) is 3.04. The zero-order valence-corrected chi connectivity index (χ0v) is 13.9. The average Bonchev–Trinajstić information content (AvgIpc) is 2.48. The molecule has 20 heavy (non-hydrogen) atoms. The van der Waals surface area contributed by atoms with E-state index < -0.39 is 0 Å². The summed E-state index contributed by atoms with van der Waals surface area (Å²) >= 11 is 0. The maximum atomic E-state index is 9.23. The Labute approximate surface area is 124 Å². The van der Waals surface area contributed by atoms with Gasteiger partial charge in [0.05, 0.1) is 11.4 Å². The summed E-state index contributed by atoms with van der Waals surface area (Å²) in [6.07, 6.45) is 2.24. The first-order valence-electron chi connectivity index (χ1n) is 7.65. The topological polar surface area (TPSA) is 47.5 Å². The fourth-order valence-electron chi connectivity index (χ4n) is 2.28. The molecule has 0 bridgehead atoms. The lowest BCUT2D eigenvalue weighted by Crippen LogP contribution is -2.25. The molecule has 0 amide bonds. The molecule has 4 nitrogen and oxygen atoms in total. The van der Waals surface area contributed by atoms with Gasteiger partial charge < -0.3 is 10.2 Å². The van der Waals surface area contributed by atoms with E-state index in [-0.39, 0.29) is 0 Å². The second kappa shape index (κ2) is 10.4. The third kappa shape index (κ3) is 4.93. The van der Waals surface area contributed by atoms with E-state index >= 15 is 0 Å². The van der Waals surface area contributed by atoms with Crippen molar-refractivity contribution in [2.45, 2.75) is 47.5 Å². The van der Waals surface area contributed by atoms with Gasteiger partial charge in [0.1, 0.15) is 0 Å². The van der Waals surface area contributed by atoms with Crippen LogP contribution < -0.4 is 15.7 Å². The molecular weight excluding hydrogens is 250 g/mol. The predicted octanol–water partition coefficient (Wildman–Crippen LogP) is 4.49. The molecule has 0 heterocycles. The molecule has 1 rings (SSSR count). The predicted molar refractivity (Wildman–Crippen MR) is 90.3 cm³/mol. The van der Waals surface area contributed by atoms with E-state index in [2.05, 4.69) is 35.6 Å². The Balaban J connectivity index is 0.00000172. The van der Waals surface area contributed by atoms with Gasteiger partial charge in [0.2, 0.25) is 0 Å². The van der Waals surface area contributed by atoms with E-state index in [1.807, 2.05) is 33.9 Å². The summed E-state index contributed by atoms with van der Waals surface area (Å²) in [5, 5.41) is 12.3. The van der Waals surface area contributed by atoms with Crippen LogP contribution in [0.1, 0.15) is 46.1 Å². The Morgan fingerprint density at radius 3 is 2.05 bits per heavy atom. The highest BCUT2D eigenvalue weighted by Crippen LogP contribution is 2.31. The van der Waals surface area contributed by atoms with E-state index in [1.165, 1.54) is 0 Å². The normalized spacial score (nSPS) is 9.55. The maximum Gasteiger partial charge on any atom is 0.0856 e. The molecular formula is C16H31N3O. The molecule has 0 aliphatic rings. The van der Waals surface area contributed by atoms with Gasteiger partial charge >= 0.3 is 0 Å². The van der Waals surface area contributed by atoms with Crippen molar-refractivity contribution in [3.05, 3.63) is 17.7 Å².